The molecule has 0 amide bonds. The largest absolute Gasteiger partial charge is 0.233 e. The van der Waals surface area contributed by atoms with E-state index in [9.17, 15) is 0 Å². The first-order valence-electron chi connectivity index (χ1n) is 13.2. The molecule has 8 aromatic rings. The maximum atomic E-state index is 5.14. The smallest absolute Gasteiger partial charge is 0.201 e. The van der Waals surface area contributed by atoms with Crippen molar-refractivity contribution in [2.45, 2.75) is 0 Å². The van der Waals surface area contributed by atoms with E-state index < -0.39 is 0 Å². The number of hydrogen-bond donors (Lipinski definition) is 0. The molecule has 2 heterocycles. The van der Waals surface area contributed by atoms with Crippen molar-refractivity contribution in [2.75, 3.05) is 0 Å². The highest BCUT2D eigenvalue weighted by atomic mass is 15.1. The summed E-state index contributed by atoms with van der Waals surface area (Å²) >= 11 is 0. The molecular formula is C35H21N5. The van der Waals surface area contributed by atoms with E-state index in [-0.39, 0.29) is 0 Å². The van der Waals surface area contributed by atoms with E-state index in [0.29, 0.717) is 23.3 Å². The third-order valence-corrected chi connectivity index (χ3v) is 7.34. The van der Waals surface area contributed by atoms with E-state index in [1.54, 1.807) is 0 Å². The number of hydrogen-bond acceptors (Lipinski definition) is 5. The van der Waals surface area contributed by atoms with Gasteiger partial charge < -0.3 is 0 Å². The van der Waals surface area contributed by atoms with Crippen molar-refractivity contribution in [1.82, 2.24) is 24.9 Å². The fourth-order valence-electron chi connectivity index (χ4n) is 5.41. The van der Waals surface area contributed by atoms with Gasteiger partial charge in [-0.05, 0) is 39.1 Å². The normalized spacial score (nSPS) is 11.5. The molecule has 0 spiro atoms. The Morgan fingerprint density at radius 3 is 1.48 bits per heavy atom. The molecule has 0 saturated carbocycles. The van der Waals surface area contributed by atoms with Crippen molar-refractivity contribution < 1.29 is 0 Å². The highest BCUT2D eigenvalue weighted by Gasteiger charge is 2.17. The van der Waals surface area contributed by atoms with Gasteiger partial charge in [0.1, 0.15) is 0 Å². The predicted octanol–water partition coefficient (Wildman–Crippen LogP) is 8.28. The molecule has 0 saturated heterocycles. The monoisotopic (exact) mass is 511 g/mol. The number of aromatic nitrogens is 5. The second-order valence-corrected chi connectivity index (χ2v) is 9.78. The third-order valence-electron chi connectivity index (χ3n) is 7.34. The Labute approximate surface area is 229 Å². The Balaban J connectivity index is 1.43. The molecule has 0 atom stereocenters. The van der Waals surface area contributed by atoms with Crippen LogP contribution in [0.15, 0.2) is 128 Å². The van der Waals surface area contributed by atoms with Crippen molar-refractivity contribution in [3.63, 3.8) is 0 Å². The van der Waals surface area contributed by atoms with Gasteiger partial charge in [-0.1, -0.05) is 109 Å². The zero-order valence-electron chi connectivity index (χ0n) is 21.4. The fourth-order valence-corrected chi connectivity index (χ4v) is 5.41. The highest BCUT2D eigenvalue weighted by Crippen LogP contribution is 2.36. The van der Waals surface area contributed by atoms with Crippen LogP contribution in [0.4, 0.5) is 0 Å². The molecule has 5 nitrogen and oxygen atoms in total. The molecule has 0 fully saturated rings. The maximum absolute atomic E-state index is 5.14. The molecule has 5 heteroatoms. The van der Waals surface area contributed by atoms with E-state index >= 15 is 0 Å². The van der Waals surface area contributed by atoms with Gasteiger partial charge in [0.15, 0.2) is 17.5 Å². The van der Waals surface area contributed by atoms with Crippen molar-refractivity contribution in [1.29, 1.82) is 0 Å². The average molecular weight is 512 g/mol. The van der Waals surface area contributed by atoms with E-state index in [0.717, 1.165) is 38.2 Å². The summed E-state index contributed by atoms with van der Waals surface area (Å²) in [5.74, 6) is 2.08. The highest BCUT2D eigenvalue weighted by molar-refractivity contribution is 6.26. The third kappa shape index (κ3) is 3.68. The molecule has 0 N–H and O–H groups in total. The van der Waals surface area contributed by atoms with Crippen LogP contribution < -0.4 is 0 Å². The quantitative estimate of drug-likeness (QED) is 0.176. The molecule has 186 valence electrons. The summed E-state index contributed by atoms with van der Waals surface area (Å²) < 4.78 is 0. The van der Waals surface area contributed by atoms with Crippen LogP contribution in [0.3, 0.4) is 0 Å². The Kier molecular flexibility index (Phi) is 5.07. The van der Waals surface area contributed by atoms with Gasteiger partial charge in [-0.2, -0.15) is 0 Å². The average Bonchev–Trinajstić information content (AvgIpc) is 3.04. The first-order chi connectivity index (χ1) is 19.8. The lowest BCUT2D eigenvalue weighted by Crippen LogP contribution is -2.02. The van der Waals surface area contributed by atoms with Crippen molar-refractivity contribution in [3.8, 4) is 34.4 Å². The number of fused-ring (bicyclic) bond motifs is 7. The van der Waals surface area contributed by atoms with Crippen LogP contribution in [0.1, 0.15) is 0 Å². The summed E-state index contributed by atoms with van der Waals surface area (Å²) in [6.07, 6.45) is 1.91. The van der Waals surface area contributed by atoms with Gasteiger partial charge >= 0.3 is 0 Å². The van der Waals surface area contributed by atoms with E-state index in [1.165, 1.54) is 16.2 Å². The Hall–Kier alpha value is -5.55. The predicted molar refractivity (Wildman–Crippen MR) is 162 cm³/mol. The summed E-state index contributed by atoms with van der Waals surface area (Å²) in [7, 11) is 0. The topological polar surface area (TPSA) is 64.5 Å². The molecule has 6 aromatic carbocycles. The van der Waals surface area contributed by atoms with Crippen LogP contribution in [0, 0.1) is 0 Å². The van der Waals surface area contributed by atoms with Crippen LogP contribution in [0.25, 0.3) is 77.6 Å². The number of nitrogens with zero attached hydrogens (tertiary/aromatic N) is 5. The van der Waals surface area contributed by atoms with Gasteiger partial charge in [-0.15, -0.1) is 0 Å². The van der Waals surface area contributed by atoms with Crippen LogP contribution in [0.5, 0.6) is 0 Å². The molecule has 2 aromatic heterocycles. The molecule has 40 heavy (non-hydrogen) atoms. The molecule has 0 aliphatic rings. The molecular weight excluding hydrogens is 490 g/mol. The molecule has 0 bridgehead atoms. The van der Waals surface area contributed by atoms with Crippen LogP contribution in [-0.4, -0.2) is 24.9 Å². The minimum absolute atomic E-state index is 0.441. The number of rotatable bonds is 3. The van der Waals surface area contributed by atoms with Crippen LogP contribution in [-0.2, 0) is 0 Å². The molecule has 0 unspecified atom stereocenters. The van der Waals surface area contributed by atoms with Gasteiger partial charge in [0.2, 0.25) is 5.82 Å². The SMILES string of the molecule is c1ccc(-c2nc(-c3ccccc3)nc(-c3ncc4c5ccccc5c5cc6ccccc6cc5c4n3)n2)cc1. The van der Waals surface area contributed by atoms with E-state index in [4.69, 9.17) is 24.9 Å². The summed E-state index contributed by atoms with van der Waals surface area (Å²) in [5.41, 5.74) is 2.70. The minimum atomic E-state index is 0.441. The van der Waals surface area contributed by atoms with Crippen molar-refractivity contribution in [2.24, 2.45) is 0 Å². The number of benzene rings is 6. The van der Waals surface area contributed by atoms with Crippen molar-refractivity contribution in [3.05, 3.63) is 128 Å². The fraction of sp³-hybridized carbons (Fsp3) is 0. The summed E-state index contributed by atoms with van der Waals surface area (Å²) in [4.78, 5) is 24.4. The lowest BCUT2D eigenvalue weighted by Gasteiger charge is -2.12. The van der Waals surface area contributed by atoms with Gasteiger partial charge in [-0.3, -0.25) is 0 Å². The first-order valence-corrected chi connectivity index (χ1v) is 13.2. The Morgan fingerprint density at radius 2 is 0.850 bits per heavy atom. The zero-order valence-corrected chi connectivity index (χ0v) is 21.4. The van der Waals surface area contributed by atoms with Crippen molar-refractivity contribution >= 4 is 43.2 Å². The van der Waals surface area contributed by atoms with Crippen LogP contribution >= 0.6 is 0 Å². The van der Waals surface area contributed by atoms with E-state index in [2.05, 4.69) is 60.7 Å². The van der Waals surface area contributed by atoms with Crippen LogP contribution in [0.2, 0.25) is 0 Å². The van der Waals surface area contributed by atoms with E-state index in [1.807, 2.05) is 66.9 Å². The van der Waals surface area contributed by atoms with Gasteiger partial charge in [-0.25, -0.2) is 24.9 Å². The van der Waals surface area contributed by atoms with Gasteiger partial charge in [0, 0.05) is 28.1 Å². The standard InChI is InChI=1S/C35H21N5/c1-3-11-22(12-4-1)32-38-33(23-13-5-2-6-14-23)40-35(39-32)34-36-21-30-27-18-10-9-17-26(27)28-19-24-15-7-8-16-25(24)20-29(28)31(30)37-34/h1-21H. The molecule has 0 radical (unpaired) electrons. The second-order valence-electron chi connectivity index (χ2n) is 9.78. The minimum Gasteiger partial charge on any atom is -0.233 e. The lowest BCUT2D eigenvalue weighted by atomic mass is 9.95. The van der Waals surface area contributed by atoms with Gasteiger partial charge in [0.25, 0.3) is 0 Å². The lowest BCUT2D eigenvalue weighted by molar-refractivity contribution is 1.04. The second kappa shape index (κ2) is 9.03. The first kappa shape index (κ1) is 22.4. The Morgan fingerprint density at radius 1 is 0.350 bits per heavy atom. The summed E-state index contributed by atoms with van der Waals surface area (Å²) in [5, 5.41) is 7.93. The summed E-state index contributed by atoms with van der Waals surface area (Å²) in [6, 6.07) is 41.3. The molecule has 0 aliphatic carbocycles. The van der Waals surface area contributed by atoms with Gasteiger partial charge in [0.05, 0.1) is 5.52 Å². The molecule has 0 aliphatic heterocycles. The maximum Gasteiger partial charge on any atom is 0.201 e. The zero-order chi connectivity index (χ0) is 26.5. The summed E-state index contributed by atoms with van der Waals surface area (Å²) in [6.45, 7) is 0. The Bertz CT molecular complexity index is 2150. The molecule has 8 rings (SSSR count).